The Morgan fingerprint density at radius 2 is 1.54 bits per heavy atom. The molecule has 0 aromatic heterocycles. The van der Waals surface area contributed by atoms with Gasteiger partial charge in [-0.2, -0.15) is 0 Å². The van der Waals surface area contributed by atoms with Crippen LogP contribution in [0.15, 0.2) is 103 Å². The Hall–Kier alpha value is -4.54. The predicted octanol–water partition coefficient (Wildman–Crippen LogP) is 6.46. The number of hydrogen-bond donors (Lipinski definition) is 3. The maximum absolute atomic E-state index is 12.9. The molecule has 3 N–H and O–H groups in total. The molecule has 0 bridgehead atoms. The topological polar surface area (TPSA) is 109 Å². The smallest absolute Gasteiger partial charge is 0.328 e. The van der Waals surface area contributed by atoms with Crippen LogP contribution in [-0.2, 0) is 38.6 Å². The van der Waals surface area contributed by atoms with Crippen LogP contribution in [0.4, 0.5) is 4.79 Å². The van der Waals surface area contributed by atoms with E-state index in [0.29, 0.717) is 6.42 Å². The zero-order chi connectivity index (χ0) is 34.7. The molecule has 0 aliphatic carbocycles. The zero-order valence-electron chi connectivity index (χ0n) is 28.6. The molecule has 2 amide bonds. The van der Waals surface area contributed by atoms with E-state index in [4.69, 9.17) is 14.2 Å². The highest BCUT2D eigenvalue weighted by Gasteiger charge is 2.33. The Morgan fingerprint density at radius 3 is 2.26 bits per heavy atom. The first-order chi connectivity index (χ1) is 24.5. The van der Waals surface area contributed by atoms with Crippen molar-refractivity contribution in [3.63, 3.8) is 0 Å². The number of amides is 2. The molecule has 0 spiro atoms. The van der Waals surface area contributed by atoms with Crippen LogP contribution in [0, 0.1) is 0 Å². The first kappa shape index (κ1) is 35.3. The predicted molar refractivity (Wildman–Crippen MR) is 192 cm³/mol. The Balaban J connectivity index is 1.13. The molecule has 0 radical (unpaired) electrons. The average molecular weight is 678 g/mol. The van der Waals surface area contributed by atoms with Crippen LogP contribution >= 0.6 is 0 Å². The number of carbonyl (C=O) groups is 2. The number of aliphatic hydroxyl groups excluding tert-OH is 1. The highest BCUT2D eigenvalue weighted by molar-refractivity contribution is 5.84. The van der Waals surface area contributed by atoms with Crippen LogP contribution < -0.4 is 10.6 Å². The standard InChI is InChI=1S/C41H47N3O6/c1-48-39(46)37(24-29-10-4-2-5-11-29)43-41(47)42-26-34-12-6-7-13-36(34)31-18-20-33(21-19-31)40-49-35(27-44-22-8-3-9-23-44)25-38(50-40)32-16-14-30(28-45)15-17-32/h2,4-7,10-21,35,37-38,40,45H,3,8-9,22-28H2,1H3,(H2,42,43,47). The van der Waals surface area contributed by atoms with Gasteiger partial charge in [0, 0.05) is 31.5 Å². The van der Waals surface area contributed by atoms with Crippen molar-refractivity contribution in [2.75, 3.05) is 26.7 Å². The summed E-state index contributed by atoms with van der Waals surface area (Å²) in [5.74, 6) is -0.501. The number of nitrogens with zero attached hydrogens (tertiary/aromatic N) is 1. The third-order valence-electron chi connectivity index (χ3n) is 9.55. The minimum atomic E-state index is -0.812. The molecular weight excluding hydrogens is 630 g/mol. The van der Waals surface area contributed by atoms with Gasteiger partial charge < -0.3 is 34.9 Å². The summed E-state index contributed by atoms with van der Waals surface area (Å²) < 4.78 is 18.1. The molecule has 50 heavy (non-hydrogen) atoms. The van der Waals surface area contributed by atoms with Gasteiger partial charge in [-0.05, 0) is 59.3 Å². The van der Waals surface area contributed by atoms with Crippen LogP contribution in [0.2, 0.25) is 0 Å². The second-order valence-corrected chi connectivity index (χ2v) is 13.1. The molecule has 0 saturated carbocycles. The van der Waals surface area contributed by atoms with Crippen LogP contribution in [0.25, 0.3) is 11.1 Å². The van der Waals surface area contributed by atoms with Crippen LogP contribution in [0.5, 0.6) is 0 Å². The summed E-state index contributed by atoms with van der Waals surface area (Å²) in [5.41, 5.74) is 6.75. The maximum atomic E-state index is 12.9. The number of likely N-dealkylation sites (tertiary alicyclic amines) is 1. The quantitative estimate of drug-likeness (QED) is 0.148. The van der Waals surface area contributed by atoms with Crippen LogP contribution in [0.3, 0.4) is 0 Å². The molecule has 262 valence electrons. The monoisotopic (exact) mass is 677 g/mol. The lowest BCUT2D eigenvalue weighted by molar-refractivity contribution is -0.253. The van der Waals surface area contributed by atoms with E-state index in [1.807, 2.05) is 78.9 Å². The van der Waals surface area contributed by atoms with Gasteiger partial charge in [0.2, 0.25) is 0 Å². The third-order valence-corrected chi connectivity index (χ3v) is 9.55. The van der Waals surface area contributed by atoms with Gasteiger partial charge in [-0.1, -0.05) is 110 Å². The van der Waals surface area contributed by atoms with Crippen molar-refractivity contribution < 1.29 is 28.9 Å². The maximum Gasteiger partial charge on any atom is 0.328 e. The van der Waals surface area contributed by atoms with Crippen molar-refractivity contribution in [1.29, 1.82) is 0 Å². The number of benzene rings is 4. The largest absolute Gasteiger partial charge is 0.467 e. The van der Waals surface area contributed by atoms with E-state index in [1.54, 1.807) is 0 Å². The second-order valence-electron chi connectivity index (χ2n) is 13.1. The number of rotatable bonds is 12. The van der Waals surface area contributed by atoms with E-state index in [1.165, 1.54) is 26.4 Å². The second kappa shape index (κ2) is 17.4. The highest BCUT2D eigenvalue weighted by Crippen LogP contribution is 2.39. The minimum Gasteiger partial charge on any atom is -0.467 e. The molecule has 9 nitrogen and oxygen atoms in total. The third kappa shape index (κ3) is 9.37. The molecule has 2 heterocycles. The van der Waals surface area contributed by atoms with Crippen molar-refractivity contribution in [2.24, 2.45) is 0 Å². The lowest BCUT2D eigenvalue weighted by Crippen LogP contribution is -2.47. The normalized spacial score (nSPS) is 20.1. The first-order valence-corrected chi connectivity index (χ1v) is 17.6. The van der Waals surface area contributed by atoms with Gasteiger partial charge in [-0.15, -0.1) is 0 Å². The molecule has 9 heteroatoms. The lowest BCUT2D eigenvalue weighted by atomic mass is 9.97. The average Bonchev–Trinajstić information content (AvgIpc) is 3.17. The molecule has 4 unspecified atom stereocenters. The van der Waals surface area contributed by atoms with Gasteiger partial charge >= 0.3 is 12.0 Å². The molecular formula is C41H47N3O6. The van der Waals surface area contributed by atoms with Gasteiger partial charge in [-0.25, -0.2) is 9.59 Å². The summed E-state index contributed by atoms with van der Waals surface area (Å²) in [6.45, 7) is 3.37. The SMILES string of the molecule is COC(=O)C(Cc1ccccc1)NC(=O)NCc1ccccc1-c1ccc(C2OC(CN3CCCCC3)CC(c3ccc(CO)cc3)O2)cc1. The Morgan fingerprint density at radius 1 is 0.840 bits per heavy atom. The van der Waals surface area contributed by atoms with Gasteiger partial charge in [0.05, 0.1) is 25.9 Å². The fourth-order valence-corrected chi connectivity index (χ4v) is 6.81. The lowest BCUT2D eigenvalue weighted by Gasteiger charge is -2.39. The van der Waals surface area contributed by atoms with Crippen LogP contribution in [-0.4, -0.2) is 60.9 Å². The number of piperidine rings is 1. The number of esters is 1. The molecule has 4 aromatic rings. The summed E-state index contributed by atoms with van der Waals surface area (Å²) in [5, 5.41) is 15.2. The minimum absolute atomic E-state index is 0.0124. The van der Waals surface area contributed by atoms with Crippen molar-refractivity contribution in [3.8, 4) is 11.1 Å². The molecule has 4 aromatic carbocycles. The number of urea groups is 1. The molecule has 2 saturated heterocycles. The zero-order valence-corrected chi connectivity index (χ0v) is 28.6. The van der Waals surface area contributed by atoms with Crippen molar-refractivity contribution in [3.05, 3.63) is 131 Å². The van der Waals surface area contributed by atoms with Gasteiger partial charge in [0.1, 0.15) is 6.04 Å². The van der Waals surface area contributed by atoms with Gasteiger partial charge in [0.25, 0.3) is 0 Å². The number of hydrogen-bond acceptors (Lipinski definition) is 7. The van der Waals surface area contributed by atoms with E-state index >= 15 is 0 Å². The summed E-state index contributed by atoms with van der Waals surface area (Å²) in [6, 6.07) is 32.4. The van der Waals surface area contributed by atoms with E-state index in [-0.39, 0.29) is 25.4 Å². The molecule has 2 fully saturated rings. The first-order valence-electron chi connectivity index (χ1n) is 17.6. The van der Waals surface area contributed by atoms with Crippen LogP contribution in [0.1, 0.15) is 65.9 Å². The number of aliphatic hydroxyl groups is 1. The summed E-state index contributed by atoms with van der Waals surface area (Å²) in [6.07, 6.45) is 4.22. The van der Waals surface area contributed by atoms with Crippen molar-refractivity contribution >= 4 is 12.0 Å². The highest BCUT2D eigenvalue weighted by atomic mass is 16.7. The Kier molecular flexibility index (Phi) is 12.3. The van der Waals surface area contributed by atoms with E-state index in [0.717, 1.165) is 65.0 Å². The molecule has 6 rings (SSSR count). The summed E-state index contributed by atoms with van der Waals surface area (Å²) in [4.78, 5) is 27.9. The molecule has 2 aliphatic rings. The van der Waals surface area contributed by atoms with Gasteiger partial charge in [0.15, 0.2) is 6.29 Å². The van der Waals surface area contributed by atoms with Crippen molar-refractivity contribution in [1.82, 2.24) is 15.5 Å². The molecule has 2 aliphatic heterocycles. The Bertz CT molecular complexity index is 1680. The fourth-order valence-electron chi connectivity index (χ4n) is 6.81. The van der Waals surface area contributed by atoms with Gasteiger partial charge in [-0.3, -0.25) is 0 Å². The number of carbonyl (C=O) groups excluding carboxylic acids is 2. The molecule has 4 atom stereocenters. The number of methoxy groups -OCH3 is 1. The fraction of sp³-hybridized carbons (Fsp3) is 0.366. The van der Waals surface area contributed by atoms with E-state index in [2.05, 4.69) is 39.8 Å². The Labute approximate surface area is 294 Å². The number of ether oxygens (including phenoxy) is 3. The van der Waals surface area contributed by atoms with E-state index < -0.39 is 24.3 Å². The van der Waals surface area contributed by atoms with Crippen molar-refractivity contribution in [2.45, 2.75) is 69.8 Å². The summed E-state index contributed by atoms with van der Waals surface area (Å²) >= 11 is 0. The van der Waals surface area contributed by atoms with E-state index in [9.17, 15) is 14.7 Å². The summed E-state index contributed by atoms with van der Waals surface area (Å²) in [7, 11) is 1.32. The number of nitrogens with one attached hydrogen (secondary N) is 2.